The molecule has 0 spiro atoms. The molecule has 7 heteroatoms. The average Bonchev–Trinajstić information content (AvgIpc) is 3.43. The predicted octanol–water partition coefficient (Wildman–Crippen LogP) is 9.48. The molecule has 1 aliphatic heterocycles. The largest absolute Gasteiger partial charge is 0.481 e. The van der Waals surface area contributed by atoms with Gasteiger partial charge in [0.25, 0.3) is 0 Å². The van der Waals surface area contributed by atoms with Crippen molar-refractivity contribution in [1.29, 1.82) is 0 Å². The predicted molar refractivity (Wildman–Crippen MR) is 201 cm³/mol. The molecule has 10 atom stereocenters. The zero-order valence-electron chi connectivity index (χ0n) is 33.5. The van der Waals surface area contributed by atoms with E-state index in [9.17, 15) is 19.5 Å². The van der Waals surface area contributed by atoms with Crippen molar-refractivity contribution in [2.45, 2.75) is 158 Å². The van der Waals surface area contributed by atoms with Gasteiger partial charge in [0, 0.05) is 5.41 Å². The number of rotatable bonds is 10. The number of fused-ring (bicyclic) bond motifs is 7. The Hall–Kier alpha value is -1.89. The molecule has 0 aromatic rings. The van der Waals surface area contributed by atoms with Crippen LogP contribution in [0.1, 0.15) is 152 Å². The molecule has 288 valence electrons. The van der Waals surface area contributed by atoms with Crippen LogP contribution in [0.3, 0.4) is 0 Å². The second-order valence-electron chi connectivity index (χ2n) is 20.6. The second kappa shape index (κ2) is 13.8. The number of carboxylic acids is 1. The molecule has 1 N–H and O–H groups in total. The molecule has 51 heavy (non-hydrogen) atoms. The molecule has 0 amide bonds. The number of piperidine rings is 1. The number of carbonyl (C=O) groups is 3. The Kier molecular flexibility index (Phi) is 10.5. The Labute approximate surface area is 309 Å². The van der Waals surface area contributed by atoms with Crippen LogP contribution >= 0.6 is 0 Å². The molecule has 0 bridgehead atoms. The molecule has 6 fully saturated rings. The third-order valence-corrected chi connectivity index (χ3v) is 17.3. The fraction of sp³-hybridized carbons (Fsp3) is 0.886. The van der Waals surface area contributed by atoms with Crippen LogP contribution in [0.15, 0.2) is 12.2 Å². The summed E-state index contributed by atoms with van der Waals surface area (Å²) in [5, 5.41) is 9.61. The number of ether oxygens (including phenoxy) is 2. The van der Waals surface area contributed by atoms with Gasteiger partial charge in [-0.3, -0.25) is 19.3 Å². The van der Waals surface area contributed by atoms with Gasteiger partial charge in [0.05, 0.1) is 25.0 Å². The number of hydrogen-bond donors (Lipinski definition) is 1. The molecule has 0 aromatic carbocycles. The monoisotopic (exact) mass is 710 g/mol. The van der Waals surface area contributed by atoms with Crippen LogP contribution < -0.4 is 0 Å². The highest BCUT2D eigenvalue weighted by Gasteiger charge is 2.71. The van der Waals surface area contributed by atoms with E-state index in [1.54, 1.807) is 13.8 Å². The third-order valence-electron chi connectivity index (χ3n) is 17.3. The average molecular weight is 710 g/mol. The van der Waals surface area contributed by atoms with Gasteiger partial charge in [-0.2, -0.15) is 0 Å². The van der Waals surface area contributed by atoms with Gasteiger partial charge < -0.3 is 14.6 Å². The lowest BCUT2D eigenvalue weighted by atomic mass is 9.32. The maximum Gasteiger partial charge on any atom is 0.320 e. The van der Waals surface area contributed by atoms with Gasteiger partial charge in [0.15, 0.2) is 0 Å². The smallest absolute Gasteiger partial charge is 0.320 e. The summed E-state index contributed by atoms with van der Waals surface area (Å²) in [6, 6.07) is 0. The minimum Gasteiger partial charge on any atom is -0.481 e. The van der Waals surface area contributed by atoms with E-state index >= 15 is 0 Å². The van der Waals surface area contributed by atoms with Gasteiger partial charge in [0.2, 0.25) is 0 Å². The summed E-state index contributed by atoms with van der Waals surface area (Å²) in [6.07, 6.45) is 16.0. The maximum absolute atomic E-state index is 13.1. The van der Waals surface area contributed by atoms with Gasteiger partial charge in [-0.05, 0) is 169 Å². The van der Waals surface area contributed by atoms with E-state index in [2.05, 4.69) is 53.0 Å². The molecule has 0 radical (unpaired) electrons. The van der Waals surface area contributed by atoms with Crippen molar-refractivity contribution in [3.05, 3.63) is 12.2 Å². The summed E-state index contributed by atoms with van der Waals surface area (Å²) in [5.41, 5.74) is 0.869. The quantitative estimate of drug-likeness (QED) is 0.178. The Morgan fingerprint density at radius 3 is 2.20 bits per heavy atom. The first kappa shape index (κ1) is 38.8. The summed E-state index contributed by atoms with van der Waals surface area (Å²) in [5.74, 6) is 1.44. The maximum atomic E-state index is 13.1. The fourth-order valence-electron chi connectivity index (χ4n) is 14.2. The Bertz CT molecular complexity index is 1360. The van der Waals surface area contributed by atoms with Crippen LogP contribution in [0, 0.1) is 62.1 Å². The molecular formula is C44H71NO6. The van der Waals surface area contributed by atoms with E-state index in [0.717, 1.165) is 38.8 Å². The normalized spacial score (nSPS) is 42.0. The van der Waals surface area contributed by atoms with E-state index in [0.29, 0.717) is 42.7 Å². The standard InChI is InChI=1S/C44H71NO6/c1-29(2)30-15-20-44(23-26-50-36(47)28-45-24-11-10-12-25-45)22-21-42(8)31(37(30)44)13-14-33-41(7)18-17-34(51-35(46)27-39(3,4)38(48)49)40(5,6)32(41)16-19-43(33,42)9/h30-34,37H,1,10-28H2,2-9H3,(H,48,49)/t30-,31+,32-,33+,34-,37+,41-,42+,43+,44+/m0/s1. The first-order valence-corrected chi connectivity index (χ1v) is 20.8. The van der Waals surface area contributed by atoms with Crippen molar-refractivity contribution < 1.29 is 29.0 Å². The summed E-state index contributed by atoms with van der Waals surface area (Å²) in [4.78, 5) is 40.0. The molecule has 5 aliphatic carbocycles. The fourth-order valence-corrected chi connectivity index (χ4v) is 14.2. The summed E-state index contributed by atoms with van der Waals surface area (Å²) >= 11 is 0. The van der Waals surface area contributed by atoms with Crippen LogP contribution in [0.5, 0.6) is 0 Å². The van der Waals surface area contributed by atoms with Crippen LogP contribution in [0.4, 0.5) is 0 Å². The first-order valence-electron chi connectivity index (χ1n) is 20.8. The zero-order valence-corrected chi connectivity index (χ0v) is 33.5. The topological polar surface area (TPSA) is 93.1 Å². The van der Waals surface area contributed by atoms with E-state index in [1.807, 2.05) is 0 Å². The molecule has 6 rings (SSSR count). The zero-order chi connectivity index (χ0) is 37.2. The SMILES string of the molecule is C=C(C)[C@@H]1CC[C@]2(CCOC(=O)CN3CCCCC3)CC[C@]3(C)[C@H](CC[C@@H]4[C@@]5(C)CC[C@H](OC(=O)CC(C)(C)C(=O)O)C(C)(C)[C@@H]5CC[C@]43C)[C@@H]12. The van der Waals surface area contributed by atoms with Crippen molar-refractivity contribution >= 4 is 17.9 Å². The molecule has 0 aromatic heterocycles. The summed E-state index contributed by atoms with van der Waals surface area (Å²) in [6.45, 7) is 25.6. The molecule has 1 heterocycles. The first-order chi connectivity index (χ1) is 23.8. The van der Waals surface area contributed by atoms with Crippen LogP contribution in [0.25, 0.3) is 0 Å². The van der Waals surface area contributed by atoms with Crippen LogP contribution in [0.2, 0.25) is 0 Å². The number of carbonyl (C=O) groups excluding carboxylic acids is 2. The lowest BCUT2D eigenvalue weighted by Crippen LogP contribution is -2.66. The molecule has 5 saturated carbocycles. The number of carboxylic acid groups (broad SMARTS) is 1. The lowest BCUT2D eigenvalue weighted by Gasteiger charge is -2.73. The van der Waals surface area contributed by atoms with Gasteiger partial charge in [-0.25, -0.2) is 0 Å². The minimum absolute atomic E-state index is 0.0468. The number of esters is 2. The van der Waals surface area contributed by atoms with Crippen LogP contribution in [-0.2, 0) is 23.9 Å². The lowest BCUT2D eigenvalue weighted by molar-refractivity contribution is -0.251. The minimum atomic E-state index is -1.14. The number of hydrogen-bond acceptors (Lipinski definition) is 6. The molecule has 7 nitrogen and oxygen atoms in total. The summed E-state index contributed by atoms with van der Waals surface area (Å²) < 4.78 is 12.2. The Balaban J connectivity index is 1.18. The number of aliphatic carboxylic acids is 1. The summed E-state index contributed by atoms with van der Waals surface area (Å²) in [7, 11) is 0. The Morgan fingerprint density at radius 2 is 1.53 bits per heavy atom. The van der Waals surface area contributed by atoms with Crippen LogP contribution in [-0.4, -0.2) is 60.3 Å². The van der Waals surface area contributed by atoms with Gasteiger partial charge in [-0.1, -0.05) is 53.2 Å². The highest BCUT2D eigenvalue weighted by atomic mass is 16.5. The third kappa shape index (κ3) is 6.53. The molecule has 0 unspecified atom stereocenters. The van der Waals surface area contributed by atoms with E-state index in [4.69, 9.17) is 9.47 Å². The van der Waals surface area contributed by atoms with Crippen molar-refractivity contribution in [3.8, 4) is 0 Å². The highest BCUT2D eigenvalue weighted by Crippen LogP contribution is 2.78. The number of likely N-dealkylation sites (tertiary alicyclic amines) is 1. The molecule has 1 saturated heterocycles. The van der Waals surface area contributed by atoms with Crippen molar-refractivity contribution in [2.24, 2.45) is 62.1 Å². The van der Waals surface area contributed by atoms with E-state index in [1.165, 1.54) is 69.8 Å². The van der Waals surface area contributed by atoms with Gasteiger partial charge in [-0.15, -0.1) is 0 Å². The van der Waals surface area contributed by atoms with E-state index < -0.39 is 11.4 Å². The second-order valence-corrected chi connectivity index (χ2v) is 20.6. The van der Waals surface area contributed by atoms with Gasteiger partial charge in [0.1, 0.15) is 6.10 Å². The number of allylic oxidation sites excluding steroid dienone is 1. The number of nitrogens with zero attached hydrogens (tertiary/aromatic N) is 1. The van der Waals surface area contributed by atoms with Crippen molar-refractivity contribution in [2.75, 3.05) is 26.2 Å². The van der Waals surface area contributed by atoms with Gasteiger partial charge >= 0.3 is 17.9 Å². The van der Waals surface area contributed by atoms with Crippen molar-refractivity contribution in [1.82, 2.24) is 4.90 Å². The highest BCUT2D eigenvalue weighted by molar-refractivity contribution is 5.81. The van der Waals surface area contributed by atoms with Crippen molar-refractivity contribution in [3.63, 3.8) is 0 Å². The molecular weight excluding hydrogens is 638 g/mol. The molecule has 6 aliphatic rings. The Morgan fingerprint density at radius 1 is 0.824 bits per heavy atom. The van der Waals surface area contributed by atoms with E-state index in [-0.39, 0.29) is 51.5 Å².